The van der Waals surface area contributed by atoms with Crippen molar-refractivity contribution in [2.24, 2.45) is 0 Å². The predicted octanol–water partition coefficient (Wildman–Crippen LogP) is 2.94. The summed E-state index contributed by atoms with van der Waals surface area (Å²) in [7, 11) is 1.31. The van der Waals surface area contributed by atoms with Gasteiger partial charge in [-0.05, 0) is 43.9 Å². The van der Waals surface area contributed by atoms with Crippen LogP contribution in [0.25, 0.3) is 0 Å². The van der Waals surface area contributed by atoms with Gasteiger partial charge in [-0.2, -0.15) is 0 Å². The topological polar surface area (TPSA) is 84.9 Å². The average molecular weight is 425 g/mol. The number of ether oxygens (including phenoxy) is 2. The number of esters is 1. The molecule has 164 valence electrons. The summed E-state index contributed by atoms with van der Waals surface area (Å²) in [6.45, 7) is 2.36. The summed E-state index contributed by atoms with van der Waals surface area (Å²) in [5.74, 6) is 0.679. The molecule has 2 fully saturated rings. The van der Waals surface area contributed by atoms with Gasteiger partial charge < -0.3 is 19.3 Å². The standard InChI is InChI=1S/C23H28N4O4/c1-30-23(29)19-10-6-5-9-18(19)22(28)27-15-13-26(14-16-27)20-11-12-21(25-24-20)31-17-7-3-2-4-8-17/h5-6,9-12,17H,2-4,7-8,13-16H2,1H3. The molecule has 0 atom stereocenters. The minimum atomic E-state index is -0.506. The first-order valence-corrected chi connectivity index (χ1v) is 10.9. The van der Waals surface area contributed by atoms with Crippen LogP contribution in [0.2, 0.25) is 0 Å². The Labute approximate surface area is 182 Å². The molecule has 8 heteroatoms. The van der Waals surface area contributed by atoms with Crippen LogP contribution in [0.4, 0.5) is 5.82 Å². The molecule has 1 amide bonds. The van der Waals surface area contributed by atoms with E-state index >= 15 is 0 Å². The Bertz CT molecular complexity index is 904. The normalized spacial score (nSPS) is 17.3. The summed E-state index contributed by atoms with van der Waals surface area (Å²) in [5.41, 5.74) is 0.656. The van der Waals surface area contributed by atoms with Crippen molar-refractivity contribution in [1.82, 2.24) is 15.1 Å². The van der Waals surface area contributed by atoms with E-state index in [-0.39, 0.29) is 17.6 Å². The molecular formula is C23H28N4O4. The summed E-state index contributed by atoms with van der Waals surface area (Å²) in [6, 6.07) is 10.6. The second kappa shape index (κ2) is 9.76. The Kier molecular flexibility index (Phi) is 6.64. The molecule has 1 aliphatic carbocycles. The van der Waals surface area contributed by atoms with E-state index in [1.165, 1.54) is 26.4 Å². The predicted molar refractivity (Wildman–Crippen MR) is 115 cm³/mol. The first-order chi connectivity index (χ1) is 15.2. The van der Waals surface area contributed by atoms with Gasteiger partial charge >= 0.3 is 5.97 Å². The van der Waals surface area contributed by atoms with Crippen molar-refractivity contribution in [3.05, 3.63) is 47.5 Å². The van der Waals surface area contributed by atoms with Gasteiger partial charge in [-0.1, -0.05) is 18.6 Å². The third-order valence-electron chi connectivity index (χ3n) is 5.92. The van der Waals surface area contributed by atoms with E-state index in [0.29, 0.717) is 37.6 Å². The smallest absolute Gasteiger partial charge is 0.338 e. The molecule has 4 rings (SSSR count). The lowest BCUT2D eigenvalue weighted by Gasteiger charge is -2.35. The number of hydrogen-bond donors (Lipinski definition) is 0. The highest BCUT2D eigenvalue weighted by Gasteiger charge is 2.26. The minimum absolute atomic E-state index is 0.164. The van der Waals surface area contributed by atoms with Gasteiger partial charge in [-0.15, -0.1) is 10.2 Å². The summed E-state index contributed by atoms with van der Waals surface area (Å²) in [6.07, 6.45) is 6.12. The molecule has 0 unspecified atom stereocenters. The maximum atomic E-state index is 13.0. The summed E-state index contributed by atoms with van der Waals surface area (Å²) < 4.78 is 10.8. The molecule has 2 aliphatic rings. The number of carbonyl (C=O) groups excluding carboxylic acids is 2. The van der Waals surface area contributed by atoms with Crippen molar-refractivity contribution in [2.75, 3.05) is 38.2 Å². The van der Waals surface area contributed by atoms with Crippen LogP contribution >= 0.6 is 0 Å². The number of hydrogen-bond acceptors (Lipinski definition) is 7. The number of amides is 1. The van der Waals surface area contributed by atoms with Crippen molar-refractivity contribution in [3.8, 4) is 5.88 Å². The third-order valence-corrected chi connectivity index (χ3v) is 5.92. The van der Waals surface area contributed by atoms with Gasteiger partial charge in [0.25, 0.3) is 5.91 Å². The third kappa shape index (κ3) is 4.95. The Morgan fingerprint density at radius 1 is 0.903 bits per heavy atom. The summed E-state index contributed by atoms with van der Waals surface area (Å²) in [5, 5.41) is 8.57. The highest BCUT2D eigenvalue weighted by molar-refractivity contribution is 6.05. The van der Waals surface area contributed by atoms with Gasteiger partial charge in [0.1, 0.15) is 6.10 Å². The summed E-state index contributed by atoms with van der Waals surface area (Å²) >= 11 is 0. The van der Waals surface area contributed by atoms with Crippen LogP contribution < -0.4 is 9.64 Å². The number of piperazine rings is 1. The van der Waals surface area contributed by atoms with E-state index < -0.39 is 5.97 Å². The number of nitrogens with zero attached hydrogens (tertiary/aromatic N) is 4. The molecule has 0 bridgehead atoms. The van der Waals surface area contributed by atoms with Gasteiger partial charge in [-0.25, -0.2) is 4.79 Å². The van der Waals surface area contributed by atoms with Crippen molar-refractivity contribution in [1.29, 1.82) is 0 Å². The maximum Gasteiger partial charge on any atom is 0.338 e. The fraction of sp³-hybridized carbons (Fsp3) is 0.478. The number of carbonyl (C=O) groups is 2. The van der Waals surface area contributed by atoms with Crippen LogP contribution in [0.3, 0.4) is 0 Å². The highest BCUT2D eigenvalue weighted by Crippen LogP contribution is 2.23. The first kappa shape index (κ1) is 21.1. The Morgan fingerprint density at radius 2 is 1.61 bits per heavy atom. The molecule has 1 saturated heterocycles. The monoisotopic (exact) mass is 424 g/mol. The van der Waals surface area contributed by atoms with E-state index in [1.807, 2.05) is 12.1 Å². The van der Waals surface area contributed by atoms with Crippen molar-refractivity contribution in [2.45, 2.75) is 38.2 Å². The number of anilines is 1. The van der Waals surface area contributed by atoms with Gasteiger partial charge in [0.2, 0.25) is 5.88 Å². The van der Waals surface area contributed by atoms with Gasteiger partial charge in [0.05, 0.1) is 18.2 Å². The molecule has 31 heavy (non-hydrogen) atoms. The lowest BCUT2D eigenvalue weighted by atomic mass is 9.98. The fourth-order valence-electron chi connectivity index (χ4n) is 4.16. The summed E-state index contributed by atoms with van der Waals surface area (Å²) in [4.78, 5) is 28.8. The lowest BCUT2D eigenvalue weighted by Crippen LogP contribution is -2.49. The molecular weight excluding hydrogens is 396 g/mol. The zero-order chi connectivity index (χ0) is 21.6. The molecule has 1 aromatic carbocycles. The molecule has 2 aromatic rings. The second-order valence-corrected chi connectivity index (χ2v) is 7.92. The molecule has 0 radical (unpaired) electrons. The van der Waals surface area contributed by atoms with Crippen molar-refractivity contribution in [3.63, 3.8) is 0 Å². The van der Waals surface area contributed by atoms with E-state index in [4.69, 9.17) is 9.47 Å². The molecule has 8 nitrogen and oxygen atoms in total. The van der Waals surface area contributed by atoms with Gasteiger partial charge in [-0.3, -0.25) is 4.79 Å². The van der Waals surface area contributed by atoms with Crippen LogP contribution in [-0.2, 0) is 4.74 Å². The number of aromatic nitrogens is 2. The molecule has 1 aliphatic heterocycles. The number of methoxy groups -OCH3 is 1. The average Bonchev–Trinajstić information content (AvgIpc) is 2.84. The van der Waals surface area contributed by atoms with Crippen LogP contribution in [0.1, 0.15) is 52.8 Å². The first-order valence-electron chi connectivity index (χ1n) is 10.9. The SMILES string of the molecule is COC(=O)c1ccccc1C(=O)N1CCN(c2ccc(OC3CCCCC3)nn2)CC1. The quantitative estimate of drug-likeness (QED) is 0.682. The highest BCUT2D eigenvalue weighted by atomic mass is 16.5. The van der Waals surface area contributed by atoms with E-state index in [1.54, 1.807) is 29.2 Å². The number of rotatable bonds is 5. The minimum Gasteiger partial charge on any atom is -0.473 e. The zero-order valence-corrected chi connectivity index (χ0v) is 17.8. The molecule has 0 spiro atoms. The fourth-order valence-corrected chi connectivity index (χ4v) is 4.16. The number of benzene rings is 1. The maximum absolute atomic E-state index is 13.0. The van der Waals surface area contributed by atoms with E-state index in [9.17, 15) is 9.59 Å². The van der Waals surface area contributed by atoms with Crippen molar-refractivity contribution < 1.29 is 19.1 Å². The van der Waals surface area contributed by atoms with Gasteiger partial charge in [0, 0.05) is 32.2 Å². The van der Waals surface area contributed by atoms with Gasteiger partial charge in [0.15, 0.2) is 5.82 Å². The van der Waals surface area contributed by atoms with Crippen LogP contribution in [0, 0.1) is 0 Å². The lowest BCUT2D eigenvalue weighted by molar-refractivity contribution is 0.0589. The van der Waals surface area contributed by atoms with Crippen LogP contribution in [-0.4, -0.2) is 66.4 Å². The molecule has 1 aromatic heterocycles. The largest absolute Gasteiger partial charge is 0.473 e. The molecule has 0 N–H and O–H groups in total. The zero-order valence-electron chi connectivity index (χ0n) is 17.8. The van der Waals surface area contributed by atoms with Crippen LogP contribution in [0.5, 0.6) is 5.88 Å². The molecule has 2 heterocycles. The van der Waals surface area contributed by atoms with E-state index in [2.05, 4.69) is 15.1 Å². The second-order valence-electron chi connectivity index (χ2n) is 7.92. The Hall–Kier alpha value is -3.16. The van der Waals surface area contributed by atoms with Crippen LogP contribution in [0.15, 0.2) is 36.4 Å². The van der Waals surface area contributed by atoms with Crippen molar-refractivity contribution >= 4 is 17.7 Å². The Morgan fingerprint density at radius 3 is 2.26 bits per heavy atom. The molecule has 1 saturated carbocycles. The van der Waals surface area contributed by atoms with E-state index in [0.717, 1.165) is 18.7 Å². The Balaban J connectivity index is 1.34.